The highest BCUT2D eigenvalue weighted by atomic mass is 16.5. The molecule has 2 heterocycles. The number of hydrogen-bond donors (Lipinski definition) is 2. The number of benzene rings is 2. The monoisotopic (exact) mass is 376 g/mol. The predicted octanol–water partition coefficient (Wildman–Crippen LogP) is 3.58. The van der Waals surface area contributed by atoms with Gasteiger partial charge in [0.05, 0.1) is 5.92 Å². The minimum Gasteiger partial charge on any atom is -0.457 e. The van der Waals surface area contributed by atoms with Gasteiger partial charge < -0.3 is 15.0 Å². The Bertz CT molecular complexity index is 1080. The van der Waals surface area contributed by atoms with Gasteiger partial charge in [-0.25, -0.2) is 0 Å². The Balaban J connectivity index is 1.32. The first-order chi connectivity index (χ1) is 13.5. The molecule has 6 nitrogen and oxygen atoms in total. The molecular weight excluding hydrogens is 356 g/mol. The number of amides is 1. The Labute approximate surface area is 161 Å². The number of aryl methyl sites for hydroxylation is 1. The number of rotatable bonds is 6. The summed E-state index contributed by atoms with van der Waals surface area (Å²) in [6.45, 7) is 1.49. The molecule has 1 aromatic heterocycles. The fourth-order valence-electron chi connectivity index (χ4n) is 3.47. The van der Waals surface area contributed by atoms with Crippen molar-refractivity contribution < 1.29 is 19.1 Å². The maximum atomic E-state index is 12.4. The number of H-pyrrole nitrogens is 1. The van der Waals surface area contributed by atoms with Crippen molar-refractivity contribution in [3.8, 4) is 0 Å². The van der Waals surface area contributed by atoms with E-state index in [2.05, 4.69) is 10.3 Å². The molecule has 0 bridgehead atoms. The third-order valence-electron chi connectivity index (χ3n) is 5.13. The van der Waals surface area contributed by atoms with Crippen LogP contribution in [0.15, 0.2) is 48.7 Å². The molecule has 2 N–H and O–H groups in total. The van der Waals surface area contributed by atoms with E-state index in [0.29, 0.717) is 12.0 Å². The highest BCUT2D eigenvalue weighted by Crippen LogP contribution is 2.32. The number of ketones is 1. The summed E-state index contributed by atoms with van der Waals surface area (Å²) in [5, 5.41) is 3.85. The average Bonchev–Trinajstić information content (AvgIpc) is 3.25. The van der Waals surface area contributed by atoms with Crippen LogP contribution in [-0.2, 0) is 20.7 Å². The van der Waals surface area contributed by atoms with Gasteiger partial charge in [0.25, 0.3) is 0 Å². The highest BCUT2D eigenvalue weighted by Gasteiger charge is 2.27. The summed E-state index contributed by atoms with van der Waals surface area (Å²) in [6, 6.07) is 12.9. The van der Waals surface area contributed by atoms with Crippen LogP contribution in [-0.4, -0.2) is 29.3 Å². The summed E-state index contributed by atoms with van der Waals surface area (Å²) in [5.74, 6) is -1.07. The van der Waals surface area contributed by atoms with Gasteiger partial charge in [-0.15, -0.1) is 0 Å². The lowest BCUT2D eigenvalue weighted by Gasteiger charge is -2.07. The molecule has 0 radical (unpaired) electrons. The molecule has 1 atom stereocenters. The number of carbonyl (C=O) groups excluding carboxylic acids is 3. The maximum absolute atomic E-state index is 12.4. The number of aromatic amines is 1. The van der Waals surface area contributed by atoms with Crippen LogP contribution in [0.1, 0.15) is 40.7 Å². The van der Waals surface area contributed by atoms with Gasteiger partial charge in [-0.1, -0.05) is 18.2 Å². The number of esters is 1. The van der Waals surface area contributed by atoms with Gasteiger partial charge in [-0.3, -0.25) is 14.4 Å². The molecule has 1 aliphatic rings. The number of aromatic nitrogens is 1. The molecule has 1 aliphatic heterocycles. The number of Topliss-reactive ketones (excluding diaryl/α,β-unsaturated/α-hetero) is 1. The van der Waals surface area contributed by atoms with Gasteiger partial charge >= 0.3 is 5.97 Å². The van der Waals surface area contributed by atoms with Gasteiger partial charge in [-0.2, -0.15) is 0 Å². The molecule has 3 aromatic rings. The Morgan fingerprint density at radius 3 is 2.82 bits per heavy atom. The molecule has 4 rings (SSSR count). The lowest BCUT2D eigenvalue weighted by Crippen LogP contribution is -2.14. The number of anilines is 1. The lowest BCUT2D eigenvalue weighted by molar-refractivity contribution is -0.142. The molecule has 0 fully saturated rings. The Morgan fingerprint density at radius 2 is 1.96 bits per heavy atom. The Morgan fingerprint density at radius 1 is 1.14 bits per heavy atom. The zero-order valence-electron chi connectivity index (χ0n) is 15.5. The molecule has 28 heavy (non-hydrogen) atoms. The zero-order valence-corrected chi connectivity index (χ0v) is 15.5. The van der Waals surface area contributed by atoms with Crippen LogP contribution in [0.3, 0.4) is 0 Å². The van der Waals surface area contributed by atoms with Crippen molar-refractivity contribution >= 4 is 34.3 Å². The van der Waals surface area contributed by atoms with Crippen molar-refractivity contribution in [3.63, 3.8) is 0 Å². The van der Waals surface area contributed by atoms with E-state index in [4.69, 9.17) is 4.74 Å². The molecule has 0 saturated heterocycles. The molecule has 0 aliphatic carbocycles. The topological polar surface area (TPSA) is 88.3 Å². The van der Waals surface area contributed by atoms with Crippen molar-refractivity contribution in [2.24, 2.45) is 0 Å². The third kappa shape index (κ3) is 3.41. The van der Waals surface area contributed by atoms with E-state index in [1.807, 2.05) is 30.5 Å². The van der Waals surface area contributed by atoms with Crippen molar-refractivity contribution in [2.75, 3.05) is 11.9 Å². The van der Waals surface area contributed by atoms with Gasteiger partial charge in [0.15, 0.2) is 12.4 Å². The van der Waals surface area contributed by atoms with Crippen LogP contribution >= 0.6 is 0 Å². The molecule has 0 unspecified atom stereocenters. The van der Waals surface area contributed by atoms with E-state index in [0.717, 1.165) is 27.7 Å². The van der Waals surface area contributed by atoms with Crippen LogP contribution in [0.25, 0.3) is 10.9 Å². The van der Waals surface area contributed by atoms with Crippen LogP contribution in [0.4, 0.5) is 5.69 Å². The Hall–Kier alpha value is -3.41. The fraction of sp³-hybridized carbons (Fsp3) is 0.227. The first kappa shape index (κ1) is 18.0. The van der Waals surface area contributed by atoms with Gasteiger partial charge in [-0.05, 0) is 48.7 Å². The molecule has 0 saturated carbocycles. The SMILES string of the molecule is C[C@H]1C(=O)Nc2ccc(C(=O)COC(=O)CCc3c[nH]c4ccccc34)cc21. The van der Waals surface area contributed by atoms with Crippen LogP contribution in [0.2, 0.25) is 0 Å². The quantitative estimate of drug-likeness (QED) is 0.508. The minimum absolute atomic E-state index is 0.0803. The second-order valence-corrected chi connectivity index (χ2v) is 6.96. The second-order valence-electron chi connectivity index (χ2n) is 6.96. The van der Waals surface area contributed by atoms with Crippen molar-refractivity contribution in [1.82, 2.24) is 4.98 Å². The number of hydrogen-bond acceptors (Lipinski definition) is 4. The summed E-state index contributed by atoms with van der Waals surface area (Å²) in [7, 11) is 0. The summed E-state index contributed by atoms with van der Waals surface area (Å²) >= 11 is 0. The van der Waals surface area contributed by atoms with Crippen molar-refractivity contribution in [1.29, 1.82) is 0 Å². The smallest absolute Gasteiger partial charge is 0.306 e. The number of carbonyl (C=O) groups is 3. The molecule has 6 heteroatoms. The molecule has 1 amide bonds. The number of fused-ring (bicyclic) bond motifs is 2. The zero-order chi connectivity index (χ0) is 19.7. The van der Waals surface area contributed by atoms with E-state index in [1.165, 1.54) is 0 Å². The van der Waals surface area contributed by atoms with Gasteiger partial charge in [0, 0.05) is 34.8 Å². The van der Waals surface area contributed by atoms with E-state index in [-0.39, 0.29) is 30.6 Å². The van der Waals surface area contributed by atoms with Gasteiger partial charge in [0.2, 0.25) is 5.91 Å². The van der Waals surface area contributed by atoms with Crippen LogP contribution < -0.4 is 5.32 Å². The van der Waals surface area contributed by atoms with E-state index in [1.54, 1.807) is 25.1 Å². The van der Waals surface area contributed by atoms with E-state index >= 15 is 0 Å². The first-order valence-electron chi connectivity index (χ1n) is 9.21. The van der Waals surface area contributed by atoms with Crippen molar-refractivity contribution in [2.45, 2.75) is 25.7 Å². The average molecular weight is 376 g/mol. The van der Waals surface area contributed by atoms with Crippen LogP contribution in [0, 0.1) is 0 Å². The summed E-state index contributed by atoms with van der Waals surface area (Å²) < 4.78 is 5.15. The summed E-state index contributed by atoms with van der Waals surface area (Å²) in [6.07, 6.45) is 2.64. The van der Waals surface area contributed by atoms with Gasteiger partial charge in [0.1, 0.15) is 0 Å². The molecule has 142 valence electrons. The number of ether oxygens (including phenoxy) is 1. The first-order valence-corrected chi connectivity index (χ1v) is 9.21. The van der Waals surface area contributed by atoms with Crippen molar-refractivity contribution in [3.05, 3.63) is 65.4 Å². The molecule has 2 aromatic carbocycles. The standard InChI is InChI=1S/C22H20N2O4/c1-13-17-10-14(6-8-19(17)24-22(13)27)20(25)12-28-21(26)9-7-15-11-23-18-5-3-2-4-16(15)18/h2-6,8,10-11,13,23H,7,9,12H2,1H3,(H,24,27)/t13-/m1/s1. The largest absolute Gasteiger partial charge is 0.457 e. The molecular formula is C22H20N2O4. The summed E-state index contributed by atoms with van der Waals surface area (Å²) in [5.41, 5.74) is 4.03. The maximum Gasteiger partial charge on any atom is 0.306 e. The predicted molar refractivity (Wildman–Crippen MR) is 105 cm³/mol. The Kier molecular flexibility index (Phi) is 4.69. The number of para-hydroxylation sites is 1. The van der Waals surface area contributed by atoms with E-state index < -0.39 is 5.97 Å². The normalized spacial score (nSPS) is 15.3. The molecule has 0 spiro atoms. The fourth-order valence-corrected chi connectivity index (χ4v) is 3.47. The lowest BCUT2D eigenvalue weighted by atomic mass is 9.99. The summed E-state index contributed by atoms with van der Waals surface area (Å²) in [4.78, 5) is 39.3. The minimum atomic E-state index is -0.412. The van der Waals surface area contributed by atoms with Crippen LogP contribution in [0.5, 0.6) is 0 Å². The van der Waals surface area contributed by atoms with E-state index in [9.17, 15) is 14.4 Å². The second kappa shape index (κ2) is 7.31. The number of nitrogens with one attached hydrogen (secondary N) is 2. The third-order valence-corrected chi connectivity index (χ3v) is 5.13. The highest BCUT2D eigenvalue weighted by molar-refractivity contribution is 6.05.